The predicted octanol–water partition coefficient (Wildman–Crippen LogP) is 1.61. The van der Waals surface area contributed by atoms with Gasteiger partial charge in [-0.3, -0.25) is 9.69 Å². The third kappa shape index (κ3) is 5.63. The maximum atomic E-state index is 12.9. The molecule has 2 saturated heterocycles. The second-order valence-electron chi connectivity index (χ2n) is 7.78. The Morgan fingerprint density at radius 2 is 1.75 bits per heavy atom. The van der Waals surface area contributed by atoms with Crippen LogP contribution in [0.3, 0.4) is 0 Å². The normalized spacial score (nSPS) is 19.6. The number of ketones is 1. The van der Waals surface area contributed by atoms with Gasteiger partial charge in [-0.05, 0) is 23.6 Å². The highest BCUT2D eigenvalue weighted by Gasteiger charge is 2.27. The van der Waals surface area contributed by atoms with Crippen molar-refractivity contribution in [1.29, 1.82) is 0 Å². The summed E-state index contributed by atoms with van der Waals surface area (Å²) in [6.07, 6.45) is 0. The average Bonchev–Trinajstić information content (AvgIpc) is 3.37. The molecule has 0 bridgehead atoms. The monoisotopic (exact) mass is 479 g/mol. The van der Waals surface area contributed by atoms with Crippen LogP contribution in [0.2, 0.25) is 0 Å². The molecule has 0 radical (unpaired) electrons. The number of hydrogen-bond acceptors (Lipinski definition) is 8. The first kappa shape index (κ1) is 23.5. The van der Waals surface area contributed by atoms with Gasteiger partial charge in [0.15, 0.2) is 5.78 Å². The zero-order valence-electron chi connectivity index (χ0n) is 17.9. The van der Waals surface area contributed by atoms with Crippen LogP contribution in [0.5, 0.6) is 0 Å². The summed E-state index contributed by atoms with van der Waals surface area (Å²) in [4.78, 5) is 16.6. The highest BCUT2D eigenvalue weighted by atomic mass is 32.2. The predicted molar refractivity (Wildman–Crippen MR) is 123 cm³/mol. The second-order valence-corrected chi connectivity index (χ2v) is 10.7. The minimum absolute atomic E-state index is 0.129. The number of hydrogen-bond donors (Lipinski definition) is 1. The third-order valence-corrected chi connectivity index (χ3v) is 8.61. The van der Waals surface area contributed by atoms with Crippen molar-refractivity contribution in [2.75, 3.05) is 65.7 Å². The lowest BCUT2D eigenvalue weighted by Gasteiger charge is -2.34. The Hall–Kier alpha value is -1.66. The van der Waals surface area contributed by atoms with E-state index in [0.717, 1.165) is 13.1 Å². The van der Waals surface area contributed by atoms with Crippen LogP contribution in [0.25, 0.3) is 0 Å². The molecular weight excluding hydrogens is 450 g/mol. The first-order valence-electron chi connectivity index (χ1n) is 10.8. The molecule has 0 aliphatic carbocycles. The molecule has 1 aromatic heterocycles. The molecular formula is C22H29N3O5S2. The summed E-state index contributed by atoms with van der Waals surface area (Å²) >= 11 is 1.71. The summed E-state index contributed by atoms with van der Waals surface area (Å²) in [5, 5.41) is 5.35. The molecule has 2 fully saturated rings. The Morgan fingerprint density at radius 1 is 1.03 bits per heavy atom. The van der Waals surface area contributed by atoms with Crippen LogP contribution in [0, 0.1) is 0 Å². The molecule has 1 unspecified atom stereocenters. The van der Waals surface area contributed by atoms with Crippen molar-refractivity contribution < 1.29 is 22.7 Å². The number of thiophene rings is 1. The highest BCUT2D eigenvalue weighted by Crippen LogP contribution is 2.25. The average molecular weight is 480 g/mol. The summed E-state index contributed by atoms with van der Waals surface area (Å²) < 4.78 is 37.9. The molecule has 8 nitrogen and oxygen atoms in total. The molecule has 1 atom stereocenters. The van der Waals surface area contributed by atoms with Crippen LogP contribution in [0.1, 0.15) is 21.3 Å². The van der Waals surface area contributed by atoms with Gasteiger partial charge in [-0.2, -0.15) is 4.31 Å². The fraction of sp³-hybridized carbons (Fsp3) is 0.500. The summed E-state index contributed by atoms with van der Waals surface area (Å²) in [6.45, 7) is 5.36. The summed E-state index contributed by atoms with van der Waals surface area (Å²) in [5.41, 5.74) is 0.394. The quantitative estimate of drug-likeness (QED) is 0.547. The van der Waals surface area contributed by atoms with Crippen LogP contribution in [0.15, 0.2) is 46.7 Å². The molecule has 174 valence electrons. The molecule has 2 aliphatic heterocycles. The summed E-state index contributed by atoms with van der Waals surface area (Å²) in [6, 6.07) is 10.7. The van der Waals surface area contributed by atoms with Gasteiger partial charge in [-0.15, -0.1) is 11.3 Å². The van der Waals surface area contributed by atoms with Crippen LogP contribution < -0.4 is 5.32 Å². The van der Waals surface area contributed by atoms with Crippen molar-refractivity contribution in [3.05, 3.63) is 52.2 Å². The first-order valence-corrected chi connectivity index (χ1v) is 13.1. The minimum Gasteiger partial charge on any atom is -0.379 e. The largest absolute Gasteiger partial charge is 0.379 e. The fourth-order valence-electron chi connectivity index (χ4n) is 3.97. The number of ether oxygens (including phenoxy) is 2. The van der Waals surface area contributed by atoms with E-state index in [4.69, 9.17) is 9.47 Å². The maximum absolute atomic E-state index is 12.9. The van der Waals surface area contributed by atoms with E-state index in [1.54, 1.807) is 29.5 Å². The fourth-order valence-corrected chi connectivity index (χ4v) is 6.29. The van der Waals surface area contributed by atoms with Gasteiger partial charge in [0.1, 0.15) is 0 Å². The standard InChI is InChI=1S/C22H29N3O5S2/c26-21(17-23-16-20(22-5-2-14-31-22)24-6-10-29-11-7-24)18-3-1-4-19(15-18)32(27,28)25-8-12-30-13-9-25/h1-5,14-15,20,23H,6-13,16-17H2. The highest BCUT2D eigenvalue weighted by molar-refractivity contribution is 7.89. The third-order valence-electron chi connectivity index (χ3n) is 5.75. The number of carbonyl (C=O) groups is 1. The number of morpholine rings is 2. The van der Waals surface area contributed by atoms with Gasteiger partial charge in [-0.1, -0.05) is 18.2 Å². The number of carbonyl (C=O) groups excluding carboxylic acids is 1. The molecule has 0 saturated carbocycles. The Balaban J connectivity index is 1.39. The Bertz CT molecular complexity index is 985. The molecule has 2 aromatic rings. The SMILES string of the molecule is O=C(CNCC(c1cccs1)N1CCOCC1)c1cccc(S(=O)(=O)N2CCOCC2)c1. The van der Waals surface area contributed by atoms with Gasteiger partial charge in [0.25, 0.3) is 0 Å². The molecule has 3 heterocycles. The number of nitrogens with zero attached hydrogens (tertiary/aromatic N) is 2. The molecule has 32 heavy (non-hydrogen) atoms. The van der Waals surface area contributed by atoms with E-state index in [1.165, 1.54) is 15.2 Å². The smallest absolute Gasteiger partial charge is 0.243 e. The molecule has 10 heteroatoms. The second kappa shape index (κ2) is 11.0. The number of Topliss-reactive ketones (excluding diaryl/α,β-unsaturated/α-hetero) is 1. The van der Waals surface area contributed by atoms with Crippen molar-refractivity contribution in [2.45, 2.75) is 10.9 Å². The molecule has 1 aromatic carbocycles. The number of benzene rings is 1. The molecule has 0 amide bonds. The van der Waals surface area contributed by atoms with Gasteiger partial charge in [-0.25, -0.2) is 8.42 Å². The summed E-state index contributed by atoms with van der Waals surface area (Å²) in [7, 11) is -3.63. The minimum atomic E-state index is -3.63. The van der Waals surface area contributed by atoms with Crippen LogP contribution in [-0.4, -0.2) is 89.1 Å². The Kier molecular flexibility index (Phi) is 8.06. The van der Waals surface area contributed by atoms with Crippen molar-refractivity contribution >= 4 is 27.1 Å². The Morgan fingerprint density at radius 3 is 2.44 bits per heavy atom. The van der Waals surface area contributed by atoms with Crippen LogP contribution >= 0.6 is 11.3 Å². The number of sulfonamides is 1. The molecule has 4 rings (SSSR count). The topological polar surface area (TPSA) is 88.2 Å². The Labute approximate surface area is 193 Å². The summed E-state index contributed by atoms with van der Waals surface area (Å²) in [5.74, 6) is -0.129. The molecule has 0 spiro atoms. The zero-order chi connectivity index (χ0) is 22.4. The van der Waals surface area contributed by atoms with Gasteiger partial charge < -0.3 is 14.8 Å². The van der Waals surface area contributed by atoms with E-state index in [2.05, 4.69) is 21.7 Å². The lowest BCUT2D eigenvalue weighted by Crippen LogP contribution is -2.43. The lowest BCUT2D eigenvalue weighted by atomic mass is 10.1. The van der Waals surface area contributed by atoms with E-state index in [0.29, 0.717) is 51.6 Å². The van der Waals surface area contributed by atoms with Crippen molar-refractivity contribution in [3.63, 3.8) is 0 Å². The zero-order valence-corrected chi connectivity index (χ0v) is 19.6. The van der Waals surface area contributed by atoms with Crippen molar-refractivity contribution in [2.24, 2.45) is 0 Å². The van der Waals surface area contributed by atoms with Crippen molar-refractivity contribution in [1.82, 2.24) is 14.5 Å². The number of rotatable bonds is 9. The first-order chi connectivity index (χ1) is 15.6. The van der Waals surface area contributed by atoms with Crippen LogP contribution in [-0.2, 0) is 19.5 Å². The van der Waals surface area contributed by atoms with Gasteiger partial charge in [0.2, 0.25) is 10.0 Å². The van der Waals surface area contributed by atoms with E-state index in [-0.39, 0.29) is 23.3 Å². The maximum Gasteiger partial charge on any atom is 0.243 e. The van der Waals surface area contributed by atoms with Crippen LogP contribution in [0.4, 0.5) is 0 Å². The van der Waals surface area contributed by atoms with E-state index >= 15 is 0 Å². The van der Waals surface area contributed by atoms with Gasteiger partial charge in [0.05, 0.1) is 43.9 Å². The van der Waals surface area contributed by atoms with E-state index < -0.39 is 10.0 Å². The van der Waals surface area contributed by atoms with Gasteiger partial charge in [0, 0.05) is 43.2 Å². The van der Waals surface area contributed by atoms with Gasteiger partial charge >= 0.3 is 0 Å². The molecule has 2 aliphatic rings. The number of nitrogens with one attached hydrogen (secondary N) is 1. The lowest BCUT2D eigenvalue weighted by molar-refractivity contribution is 0.0169. The van der Waals surface area contributed by atoms with Crippen molar-refractivity contribution in [3.8, 4) is 0 Å². The van der Waals surface area contributed by atoms with E-state index in [9.17, 15) is 13.2 Å². The van der Waals surface area contributed by atoms with E-state index in [1.807, 2.05) is 6.07 Å². The molecule has 1 N–H and O–H groups in total.